The summed E-state index contributed by atoms with van der Waals surface area (Å²) < 4.78 is 0. The zero-order chi connectivity index (χ0) is 14.9. The summed E-state index contributed by atoms with van der Waals surface area (Å²) >= 11 is 7.63. The molecule has 0 spiro atoms. The van der Waals surface area contributed by atoms with Gasteiger partial charge < -0.3 is 11.5 Å². The Morgan fingerprint density at radius 3 is 2.50 bits per heavy atom. The molecule has 0 radical (unpaired) electrons. The first-order valence-electron chi connectivity index (χ1n) is 6.02. The summed E-state index contributed by atoms with van der Waals surface area (Å²) in [7, 11) is 0. The number of nitrogens with two attached hydrogens (primary N) is 2. The standard InChI is InChI=1S/C15H15ClN2OS/c1-8-3-4-13(9(2)5-8)20-14-11(15(18)19)6-10(17)7-12(14)16/h3-7H,17H2,1-2H3,(H2,18,19). The molecule has 20 heavy (non-hydrogen) atoms. The average Bonchev–Trinajstić information content (AvgIpc) is 2.34. The lowest BCUT2D eigenvalue weighted by Gasteiger charge is -2.12. The van der Waals surface area contributed by atoms with E-state index >= 15 is 0 Å². The number of hydrogen-bond acceptors (Lipinski definition) is 3. The molecule has 0 aromatic heterocycles. The normalized spacial score (nSPS) is 10.6. The molecule has 0 atom stereocenters. The molecule has 0 fully saturated rings. The molecule has 0 aliphatic heterocycles. The summed E-state index contributed by atoms with van der Waals surface area (Å²) in [5.41, 5.74) is 14.2. The van der Waals surface area contributed by atoms with Crippen LogP contribution in [-0.2, 0) is 0 Å². The third-order valence-corrected chi connectivity index (χ3v) is 4.61. The number of amides is 1. The first-order chi connectivity index (χ1) is 9.38. The van der Waals surface area contributed by atoms with Gasteiger partial charge in [0.15, 0.2) is 0 Å². The van der Waals surface area contributed by atoms with E-state index in [-0.39, 0.29) is 0 Å². The van der Waals surface area contributed by atoms with Gasteiger partial charge >= 0.3 is 0 Å². The van der Waals surface area contributed by atoms with E-state index in [1.807, 2.05) is 26.0 Å². The van der Waals surface area contributed by atoms with Gasteiger partial charge in [0.2, 0.25) is 5.91 Å². The maximum Gasteiger partial charge on any atom is 0.249 e. The van der Waals surface area contributed by atoms with Crippen LogP contribution in [0, 0.1) is 13.8 Å². The monoisotopic (exact) mass is 306 g/mol. The second kappa shape index (κ2) is 5.77. The minimum Gasteiger partial charge on any atom is -0.399 e. The number of primary amides is 1. The highest BCUT2D eigenvalue weighted by Crippen LogP contribution is 2.38. The molecule has 2 rings (SSSR count). The lowest BCUT2D eigenvalue weighted by atomic mass is 10.2. The van der Waals surface area contributed by atoms with Crippen molar-refractivity contribution in [3.8, 4) is 0 Å². The molecule has 0 unspecified atom stereocenters. The molecular weight excluding hydrogens is 292 g/mol. The Labute approximate surface area is 127 Å². The van der Waals surface area contributed by atoms with E-state index in [0.717, 1.165) is 10.5 Å². The zero-order valence-electron chi connectivity index (χ0n) is 11.2. The average molecular weight is 307 g/mol. The third-order valence-electron chi connectivity index (χ3n) is 2.87. The molecule has 2 aromatic rings. The number of hydrogen-bond donors (Lipinski definition) is 2. The van der Waals surface area contributed by atoms with Crippen molar-refractivity contribution >= 4 is 35.0 Å². The van der Waals surface area contributed by atoms with Gasteiger partial charge in [-0.15, -0.1) is 0 Å². The molecule has 0 aliphatic carbocycles. The first kappa shape index (κ1) is 14.8. The van der Waals surface area contributed by atoms with Crippen LogP contribution in [0.1, 0.15) is 21.5 Å². The fourth-order valence-corrected chi connectivity index (χ4v) is 3.27. The van der Waals surface area contributed by atoms with E-state index in [2.05, 4.69) is 6.07 Å². The first-order valence-corrected chi connectivity index (χ1v) is 7.22. The second-order valence-corrected chi connectivity index (χ2v) is 6.07. The van der Waals surface area contributed by atoms with Crippen molar-refractivity contribution in [3.05, 3.63) is 52.0 Å². The Hall–Kier alpha value is -1.65. The molecule has 3 nitrogen and oxygen atoms in total. The molecule has 0 saturated carbocycles. The maximum atomic E-state index is 11.6. The predicted molar refractivity (Wildman–Crippen MR) is 84.4 cm³/mol. The quantitative estimate of drug-likeness (QED) is 0.848. The molecule has 0 saturated heterocycles. The van der Waals surface area contributed by atoms with Crippen molar-refractivity contribution < 1.29 is 4.79 Å². The van der Waals surface area contributed by atoms with Gasteiger partial charge in [-0.1, -0.05) is 41.1 Å². The van der Waals surface area contributed by atoms with Crippen molar-refractivity contribution in [2.75, 3.05) is 5.73 Å². The summed E-state index contributed by atoms with van der Waals surface area (Å²) in [6, 6.07) is 9.29. The number of nitrogen functional groups attached to an aromatic ring is 1. The summed E-state index contributed by atoms with van der Waals surface area (Å²) in [5.74, 6) is -0.536. The number of anilines is 1. The van der Waals surface area contributed by atoms with Crippen LogP contribution in [0.25, 0.3) is 0 Å². The SMILES string of the molecule is Cc1ccc(Sc2c(Cl)cc(N)cc2C(N)=O)c(C)c1. The minimum atomic E-state index is -0.536. The number of aryl methyl sites for hydroxylation is 2. The van der Waals surface area contributed by atoms with E-state index < -0.39 is 5.91 Å². The Morgan fingerprint density at radius 2 is 1.90 bits per heavy atom. The molecule has 0 bridgehead atoms. The highest BCUT2D eigenvalue weighted by atomic mass is 35.5. The van der Waals surface area contributed by atoms with E-state index in [1.54, 1.807) is 12.1 Å². The number of carbonyl (C=O) groups is 1. The number of rotatable bonds is 3. The van der Waals surface area contributed by atoms with E-state index in [0.29, 0.717) is 21.2 Å². The molecule has 104 valence electrons. The molecule has 0 heterocycles. The number of carbonyl (C=O) groups excluding carboxylic acids is 1. The lowest BCUT2D eigenvalue weighted by Crippen LogP contribution is -2.13. The van der Waals surface area contributed by atoms with Gasteiger partial charge in [-0.2, -0.15) is 0 Å². The van der Waals surface area contributed by atoms with Crippen LogP contribution in [0.3, 0.4) is 0 Å². The van der Waals surface area contributed by atoms with Crippen LogP contribution in [0.2, 0.25) is 5.02 Å². The Bertz CT molecular complexity index is 686. The van der Waals surface area contributed by atoms with Crippen LogP contribution in [0.15, 0.2) is 40.1 Å². The lowest BCUT2D eigenvalue weighted by molar-refractivity contribution is 0.0997. The number of benzene rings is 2. The Balaban J connectivity index is 2.50. The summed E-state index contributed by atoms with van der Waals surface area (Å²) in [6.45, 7) is 4.05. The summed E-state index contributed by atoms with van der Waals surface area (Å²) in [5, 5.41) is 0.434. The Kier molecular flexibility index (Phi) is 4.26. The molecule has 4 N–H and O–H groups in total. The van der Waals surface area contributed by atoms with Gasteiger partial charge in [0.05, 0.1) is 10.6 Å². The van der Waals surface area contributed by atoms with E-state index in [4.69, 9.17) is 23.1 Å². The van der Waals surface area contributed by atoms with Gasteiger partial charge in [0.1, 0.15) is 0 Å². The van der Waals surface area contributed by atoms with Crippen molar-refractivity contribution in [3.63, 3.8) is 0 Å². The smallest absolute Gasteiger partial charge is 0.249 e. The molecule has 5 heteroatoms. The van der Waals surface area contributed by atoms with Gasteiger partial charge in [-0.25, -0.2) is 0 Å². The van der Waals surface area contributed by atoms with Crippen LogP contribution < -0.4 is 11.5 Å². The molecule has 1 amide bonds. The van der Waals surface area contributed by atoms with Crippen LogP contribution in [-0.4, -0.2) is 5.91 Å². The van der Waals surface area contributed by atoms with Gasteiger partial charge in [-0.05, 0) is 37.6 Å². The van der Waals surface area contributed by atoms with Crippen LogP contribution >= 0.6 is 23.4 Å². The second-order valence-electron chi connectivity index (χ2n) is 4.61. The van der Waals surface area contributed by atoms with E-state index in [1.165, 1.54) is 17.3 Å². The fourth-order valence-electron chi connectivity index (χ4n) is 1.92. The molecular formula is C15H15ClN2OS. The topological polar surface area (TPSA) is 69.1 Å². The van der Waals surface area contributed by atoms with Crippen molar-refractivity contribution in [1.82, 2.24) is 0 Å². The maximum absolute atomic E-state index is 11.6. The minimum absolute atomic E-state index is 0.347. The number of halogens is 1. The van der Waals surface area contributed by atoms with Crippen LogP contribution in [0.5, 0.6) is 0 Å². The van der Waals surface area contributed by atoms with Crippen molar-refractivity contribution in [2.24, 2.45) is 5.73 Å². The molecule has 2 aromatic carbocycles. The predicted octanol–water partition coefficient (Wildman–Crippen LogP) is 3.79. The van der Waals surface area contributed by atoms with Crippen molar-refractivity contribution in [2.45, 2.75) is 23.6 Å². The molecule has 0 aliphatic rings. The highest BCUT2D eigenvalue weighted by molar-refractivity contribution is 7.99. The largest absolute Gasteiger partial charge is 0.399 e. The van der Waals surface area contributed by atoms with E-state index in [9.17, 15) is 4.79 Å². The van der Waals surface area contributed by atoms with Gasteiger partial charge in [0, 0.05) is 15.5 Å². The van der Waals surface area contributed by atoms with Crippen molar-refractivity contribution in [1.29, 1.82) is 0 Å². The third kappa shape index (κ3) is 3.08. The summed E-state index contributed by atoms with van der Waals surface area (Å²) in [4.78, 5) is 13.2. The fraction of sp³-hybridized carbons (Fsp3) is 0.133. The summed E-state index contributed by atoms with van der Waals surface area (Å²) in [6.07, 6.45) is 0. The highest BCUT2D eigenvalue weighted by Gasteiger charge is 2.15. The van der Waals surface area contributed by atoms with Gasteiger partial charge in [0.25, 0.3) is 0 Å². The Morgan fingerprint density at radius 1 is 1.20 bits per heavy atom. The zero-order valence-corrected chi connectivity index (χ0v) is 12.8. The van der Waals surface area contributed by atoms with Gasteiger partial charge in [-0.3, -0.25) is 4.79 Å². The van der Waals surface area contributed by atoms with Crippen LogP contribution in [0.4, 0.5) is 5.69 Å².